The van der Waals surface area contributed by atoms with Crippen LogP contribution in [0.4, 0.5) is 0 Å². The van der Waals surface area contributed by atoms with E-state index in [1.165, 1.54) is 25.3 Å². The Labute approximate surface area is 129 Å². The van der Waals surface area contributed by atoms with E-state index in [0.29, 0.717) is 10.3 Å². The summed E-state index contributed by atoms with van der Waals surface area (Å²) in [5.74, 6) is -1.16. The summed E-state index contributed by atoms with van der Waals surface area (Å²) in [6.45, 7) is 1.47. The molecule has 0 spiro atoms. The molecule has 1 atom stereocenters. The van der Waals surface area contributed by atoms with E-state index in [-0.39, 0.29) is 11.5 Å². The quantitative estimate of drug-likeness (QED) is 0.368. The number of nitrogens with zero attached hydrogens (tertiary/aromatic N) is 1. The Kier molecular flexibility index (Phi) is 4.70. The van der Waals surface area contributed by atoms with Gasteiger partial charge in [0.2, 0.25) is 5.78 Å². The maximum atomic E-state index is 12.1. The van der Waals surface area contributed by atoms with Crippen LogP contribution in [0.15, 0.2) is 53.1 Å². The van der Waals surface area contributed by atoms with Gasteiger partial charge in [-0.1, -0.05) is 28.1 Å². The Bertz CT molecular complexity index is 670. The molecule has 2 rings (SSSR count). The molecule has 0 saturated heterocycles. The fourth-order valence-electron chi connectivity index (χ4n) is 1.71. The summed E-state index contributed by atoms with van der Waals surface area (Å²) < 4.78 is 6.29. The minimum atomic E-state index is -0.973. The zero-order valence-electron chi connectivity index (χ0n) is 11.2. The monoisotopic (exact) mass is 349 g/mol. The molecule has 0 aliphatic carbocycles. The molecule has 0 fully saturated rings. The van der Waals surface area contributed by atoms with Crippen LogP contribution in [0.2, 0.25) is 0 Å². The molecular formula is C15H12BrNO4. The minimum absolute atomic E-state index is 0.159. The molecule has 0 aliphatic heterocycles. The zero-order valence-corrected chi connectivity index (χ0v) is 12.7. The zero-order chi connectivity index (χ0) is 15.4. The predicted octanol–water partition coefficient (Wildman–Crippen LogP) is 2.51. The van der Waals surface area contributed by atoms with Gasteiger partial charge in [-0.05, 0) is 25.1 Å². The molecule has 0 N–H and O–H groups in total. The third-order valence-electron chi connectivity index (χ3n) is 2.82. The highest BCUT2D eigenvalue weighted by atomic mass is 79.9. The SMILES string of the molecule is C[C@@H](OC(=O)c1cccc[n+]1[O-])C(=O)c1ccc(Br)cc1. The van der Waals surface area contributed by atoms with Crippen molar-refractivity contribution in [3.05, 3.63) is 69.6 Å². The number of hydrogen-bond donors (Lipinski definition) is 0. The van der Waals surface area contributed by atoms with Crippen LogP contribution in [-0.2, 0) is 4.74 Å². The van der Waals surface area contributed by atoms with Crippen molar-refractivity contribution in [2.45, 2.75) is 13.0 Å². The van der Waals surface area contributed by atoms with Crippen molar-refractivity contribution in [2.24, 2.45) is 0 Å². The summed E-state index contributed by atoms with van der Waals surface area (Å²) in [4.78, 5) is 24.0. The summed E-state index contributed by atoms with van der Waals surface area (Å²) in [6.07, 6.45) is 0.219. The highest BCUT2D eigenvalue weighted by Gasteiger charge is 2.24. The number of pyridine rings is 1. The molecule has 2 aromatic rings. The predicted molar refractivity (Wildman–Crippen MR) is 78.8 cm³/mol. The van der Waals surface area contributed by atoms with E-state index in [4.69, 9.17) is 4.74 Å². The topological polar surface area (TPSA) is 70.3 Å². The molecule has 108 valence electrons. The fraction of sp³-hybridized carbons (Fsp3) is 0.133. The average Bonchev–Trinajstić information content (AvgIpc) is 2.47. The number of esters is 1. The Morgan fingerprint density at radius 3 is 2.48 bits per heavy atom. The van der Waals surface area contributed by atoms with Crippen LogP contribution in [0.5, 0.6) is 0 Å². The number of rotatable bonds is 4. The van der Waals surface area contributed by atoms with Crippen molar-refractivity contribution >= 4 is 27.7 Å². The van der Waals surface area contributed by atoms with E-state index in [9.17, 15) is 14.8 Å². The van der Waals surface area contributed by atoms with Gasteiger partial charge in [-0.25, -0.2) is 4.79 Å². The van der Waals surface area contributed by atoms with Crippen molar-refractivity contribution in [3.63, 3.8) is 0 Å². The third kappa shape index (κ3) is 3.66. The van der Waals surface area contributed by atoms with Gasteiger partial charge >= 0.3 is 11.7 Å². The molecule has 1 aromatic carbocycles. The maximum absolute atomic E-state index is 12.1. The van der Waals surface area contributed by atoms with Crippen LogP contribution < -0.4 is 4.73 Å². The van der Waals surface area contributed by atoms with Gasteiger partial charge in [-0.2, -0.15) is 4.73 Å². The number of ketones is 1. The number of ether oxygens (including phenoxy) is 1. The van der Waals surface area contributed by atoms with Gasteiger partial charge in [0, 0.05) is 22.2 Å². The normalized spacial score (nSPS) is 11.7. The molecule has 0 bridgehead atoms. The second-order valence-electron chi connectivity index (χ2n) is 4.33. The Hall–Kier alpha value is -2.21. The van der Waals surface area contributed by atoms with Crippen LogP contribution in [0.25, 0.3) is 0 Å². The largest absolute Gasteiger partial charge is 0.618 e. The van der Waals surface area contributed by atoms with E-state index in [1.807, 2.05) is 0 Å². The Morgan fingerprint density at radius 1 is 1.19 bits per heavy atom. The van der Waals surface area contributed by atoms with E-state index in [0.717, 1.165) is 4.47 Å². The molecule has 0 amide bonds. The van der Waals surface area contributed by atoms with Gasteiger partial charge in [0.1, 0.15) is 0 Å². The van der Waals surface area contributed by atoms with Crippen LogP contribution in [0, 0.1) is 5.21 Å². The van der Waals surface area contributed by atoms with Crippen LogP contribution >= 0.6 is 15.9 Å². The third-order valence-corrected chi connectivity index (χ3v) is 3.34. The molecule has 0 aliphatic rings. The number of benzene rings is 1. The molecular weight excluding hydrogens is 338 g/mol. The summed E-state index contributed by atoms with van der Waals surface area (Å²) in [5, 5.41) is 11.4. The Balaban J connectivity index is 2.09. The first kappa shape index (κ1) is 15.2. The second kappa shape index (κ2) is 6.49. The molecule has 5 nitrogen and oxygen atoms in total. The lowest BCUT2D eigenvalue weighted by Gasteiger charge is -2.12. The van der Waals surface area contributed by atoms with Gasteiger partial charge in [-0.3, -0.25) is 4.79 Å². The van der Waals surface area contributed by atoms with Crippen molar-refractivity contribution in [1.82, 2.24) is 0 Å². The number of hydrogen-bond acceptors (Lipinski definition) is 4. The summed E-state index contributed by atoms with van der Waals surface area (Å²) in [7, 11) is 0. The molecule has 0 saturated carbocycles. The van der Waals surface area contributed by atoms with E-state index in [2.05, 4.69) is 15.9 Å². The summed E-state index contributed by atoms with van der Waals surface area (Å²) in [6, 6.07) is 11.1. The minimum Gasteiger partial charge on any atom is -0.618 e. The first-order valence-electron chi connectivity index (χ1n) is 6.18. The lowest BCUT2D eigenvalue weighted by atomic mass is 10.1. The number of carbonyl (C=O) groups is 2. The molecule has 1 heterocycles. The number of halogens is 1. The molecule has 0 unspecified atom stereocenters. The first-order valence-corrected chi connectivity index (χ1v) is 6.97. The molecule has 0 radical (unpaired) electrons. The Morgan fingerprint density at radius 2 is 1.86 bits per heavy atom. The van der Waals surface area contributed by atoms with Crippen LogP contribution in [0.3, 0.4) is 0 Å². The average molecular weight is 350 g/mol. The second-order valence-corrected chi connectivity index (χ2v) is 5.25. The van der Waals surface area contributed by atoms with Gasteiger partial charge < -0.3 is 9.94 Å². The maximum Gasteiger partial charge on any atom is 0.405 e. The van der Waals surface area contributed by atoms with Gasteiger partial charge in [-0.15, -0.1) is 0 Å². The number of aromatic nitrogens is 1. The van der Waals surface area contributed by atoms with Gasteiger partial charge in [0.15, 0.2) is 12.3 Å². The van der Waals surface area contributed by atoms with E-state index in [1.54, 1.807) is 30.3 Å². The smallest absolute Gasteiger partial charge is 0.405 e. The standard InChI is InChI=1S/C15H12BrNO4/c1-10(14(18)11-5-7-12(16)8-6-11)21-15(19)13-4-2-3-9-17(13)20/h2-10H,1H3/t10-/m1/s1. The first-order chi connectivity index (χ1) is 9.99. The lowest BCUT2D eigenvalue weighted by Crippen LogP contribution is -2.36. The highest BCUT2D eigenvalue weighted by molar-refractivity contribution is 9.10. The van der Waals surface area contributed by atoms with E-state index < -0.39 is 12.1 Å². The van der Waals surface area contributed by atoms with Crippen molar-refractivity contribution in [1.29, 1.82) is 0 Å². The number of Topliss-reactive ketones (excluding diaryl/α,β-unsaturated/α-hetero) is 1. The fourth-order valence-corrected chi connectivity index (χ4v) is 1.97. The van der Waals surface area contributed by atoms with Crippen molar-refractivity contribution < 1.29 is 19.1 Å². The van der Waals surface area contributed by atoms with E-state index >= 15 is 0 Å². The molecule has 6 heteroatoms. The summed E-state index contributed by atoms with van der Waals surface area (Å²) >= 11 is 3.28. The van der Waals surface area contributed by atoms with Gasteiger partial charge in [0.05, 0.1) is 0 Å². The summed E-state index contributed by atoms with van der Waals surface area (Å²) in [5.41, 5.74) is 0.273. The highest BCUT2D eigenvalue weighted by Crippen LogP contribution is 2.13. The molecule has 21 heavy (non-hydrogen) atoms. The van der Waals surface area contributed by atoms with Crippen molar-refractivity contribution in [3.8, 4) is 0 Å². The molecule has 1 aromatic heterocycles. The van der Waals surface area contributed by atoms with Crippen LogP contribution in [-0.4, -0.2) is 17.9 Å². The van der Waals surface area contributed by atoms with Crippen molar-refractivity contribution in [2.75, 3.05) is 0 Å². The number of carbonyl (C=O) groups excluding carboxylic acids is 2. The van der Waals surface area contributed by atoms with Gasteiger partial charge in [0.25, 0.3) is 0 Å². The van der Waals surface area contributed by atoms with Crippen LogP contribution in [0.1, 0.15) is 27.8 Å². The lowest BCUT2D eigenvalue weighted by molar-refractivity contribution is -0.608.